The predicted octanol–water partition coefficient (Wildman–Crippen LogP) is 11.3. The number of carbonyl (C=O) groups excluding carboxylic acids is 3. The summed E-state index contributed by atoms with van der Waals surface area (Å²) in [4.78, 5) is 69.4. The summed E-state index contributed by atoms with van der Waals surface area (Å²) in [6, 6.07) is 16.9. The Morgan fingerprint density at radius 1 is 0.510 bits per heavy atom. The van der Waals surface area contributed by atoms with Crippen molar-refractivity contribution in [2.45, 2.75) is 115 Å². The van der Waals surface area contributed by atoms with Gasteiger partial charge in [-0.1, -0.05) is 34.8 Å². The number of aliphatic hydroxyl groups is 1. The first-order chi connectivity index (χ1) is 47.6. The van der Waals surface area contributed by atoms with Crippen LogP contribution < -0.4 is 45.6 Å². The first kappa shape index (κ1) is 68.5. The lowest BCUT2D eigenvalue weighted by Crippen LogP contribution is -2.40. The highest BCUT2D eigenvalue weighted by atomic mass is 35.5. The molecule has 12 heterocycles. The van der Waals surface area contributed by atoms with E-state index in [1.165, 1.54) is 35.3 Å². The number of rotatable bonds is 17. The van der Waals surface area contributed by atoms with Crippen LogP contribution in [0.1, 0.15) is 64.7 Å². The van der Waals surface area contributed by atoms with Gasteiger partial charge in [0.05, 0.1) is 31.6 Å². The number of nitrogen functional groups attached to an aromatic ring is 3. The van der Waals surface area contributed by atoms with Crippen LogP contribution in [0.5, 0.6) is 34.5 Å². The molecule has 6 aliphatic rings. The number of nitrogens with two attached hydrogens (primary N) is 3. The van der Waals surface area contributed by atoms with Crippen LogP contribution >= 0.6 is 70.1 Å². The second-order valence-electron chi connectivity index (χ2n) is 24.5. The molecule has 0 bridgehead atoms. The second-order valence-corrected chi connectivity index (χ2v) is 28.8. The molecular weight excluding hydrogens is 1380 g/mol. The summed E-state index contributed by atoms with van der Waals surface area (Å²) in [6.45, 7) is 10.5. The van der Waals surface area contributed by atoms with Crippen LogP contribution in [0.25, 0.3) is 33.1 Å². The molecule has 3 aromatic carbocycles. The summed E-state index contributed by atoms with van der Waals surface area (Å²) < 4.78 is 40.2. The number of hydrogen-bond donors (Lipinski definition) is 4. The molecule has 3 fully saturated rings. The number of aryl methyl sites for hydroxylation is 3. The van der Waals surface area contributed by atoms with Crippen LogP contribution in [-0.4, -0.2) is 161 Å². The van der Waals surface area contributed by atoms with Crippen molar-refractivity contribution in [2.24, 2.45) is 17.8 Å². The van der Waals surface area contributed by atoms with Crippen LogP contribution in [0.15, 0.2) is 103 Å². The van der Waals surface area contributed by atoms with E-state index < -0.39 is 6.61 Å². The fourth-order valence-corrected chi connectivity index (χ4v) is 16.6. The van der Waals surface area contributed by atoms with E-state index in [4.69, 9.17) is 100 Å². The van der Waals surface area contributed by atoms with Crippen LogP contribution in [0.2, 0.25) is 15.1 Å². The zero-order valence-corrected chi connectivity index (χ0v) is 58.5. The second kappa shape index (κ2) is 31.1. The van der Waals surface area contributed by atoms with E-state index in [1.807, 2.05) is 46.2 Å². The number of anilines is 3. The first-order valence-electron chi connectivity index (χ1n) is 32.6. The molecule has 6 aromatic heterocycles. The van der Waals surface area contributed by atoms with Crippen molar-refractivity contribution in [2.75, 3.05) is 96.3 Å². The molecule has 0 saturated carbocycles. The molecule has 7 N–H and O–H groups in total. The number of likely N-dealkylation sites (tertiary alicyclic amines) is 3. The average molecular weight is 1450 g/mol. The monoisotopic (exact) mass is 1450 g/mol. The van der Waals surface area contributed by atoms with Crippen LogP contribution in [0.3, 0.4) is 0 Å². The van der Waals surface area contributed by atoms with Gasteiger partial charge in [-0.05, 0) is 147 Å². The Hall–Kier alpha value is -7.99. The normalized spacial score (nSPS) is 16.3. The molecule has 3 amide bonds. The van der Waals surface area contributed by atoms with Gasteiger partial charge in [-0.2, -0.15) is 0 Å². The van der Waals surface area contributed by atoms with E-state index in [0.717, 1.165) is 157 Å². The maximum Gasteiger partial charge on any atom is 0.248 e. The molecule has 3 saturated heterocycles. The van der Waals surface area contributed by atoms with Crippen LogP contribution in [0.4, 0.5) is 17.5 Å². The van der Waals surface area contributed by atoms with Crippen molar-refractivity contribution in [3.63, 3.8) is 0 Å². The van der Waals surface area contributed by atoms with Gasteiger partial charge in [-0.25, -0.2) is 29.9 Å². The van der Waals surface area contributed by atoms with E-state index >= 15 is 0 Å². The summed E-state index contributed by atoms with van der Waals surface area (Å²) >= 11 is 24.1. The van der Waals surface area contributed by atoms with Crippen molar-refractivity contribution in [1.82, 2.24) is 58.3 Å². The lowest BCUT2D eigenvalue weighted by atomic mass is 9.93. The lowest BCUT2D eigenvalue weighted by Gasteiger charge is -2.31. The molecule has 15 rings (SSSR count). The highest BCUT2D eigenvalue weighted by Crippen LogP contribution is 2.47. The third kappa shape index (κ3) is 15.5. The summed E-state index contributed by atoms with van der Waals surface area (Å²) in [6.07, 6.45) is 14.9. The smallest absolute Gasteiger partial charge is 0.248 e. The summed E-state index contributed by atoms with van der Waals surface area (Å²) in [5.74, 6) is 6.79. The minimum Gasteiger partial charge on any atom is -0.486 e. The molecule has 98 heavy (non-hydrogen) atoms. The van der Waals surface area contributed by atoms with Gasteiger partial charge in [-0.15, -0.1) is 0 Å². The van der Waals surface area contributed by atoms with Crippen molar-refractivity contribution < 1.29 is 47.9 Å². The largest absolute Gasteiger partial charge is 0.486 e. The molecule has 0 radical (unpaired) electrons. The molecule has 0 aliphatic carbocycles. The van der Waals surface area contributed by atoms with E-state index in [2.05, 4.69) is 28.7 Å². The Balaban J connectivity index is 0.000000132. The predicted molar refractivity (Wildman–Crippen MR) is 376 cm³/mol. The van der Waals surface area contributed by atoms with Crippen molar-refractivity contribution in [1.29, 1.82) is 0 Å². The Labute approximate surface area is 592 Å². The molecule has 0 unspecified atom stereocenters. The van der Waals surface area contributed by atoms with E-state index in [9.17, 15) is 14.4 Å². The topological polar surface area (TPSA) is 307 Å². The van der Waals surface area contributed by atoms with Gasteiger partial charge >= 0.3 is 0 Å². The Morgan fingerprint density at radius 2 is 0.837 bits per heavy atom. The molecule has 516 valence electrons. The van der Waals surface area contributed by atoms with Gasteiger partial charge in [0, 0.05) is 117 Å². The Bertz CT molecular complexity index is 4410. The number of pyridine rings is 3. The quantitative estimate of drug-likeness (QED) is 0.0616. The minimum absolute atomic E-state index is 0.159. The van der Waals surface area contributed by atoms with Gasteiger partial charge in [0.15, 0.2) is 67.4 Å². The van der Waals surface area contributed by atoms with Gasteiger partial charge in [0.25, 0.3) is 0 Å². The molecule has 31 heteroatoms. The maximum absolute atomic E-state index is 11.7. The zero-order chi connectivity index (χ0) is 68.0. The number of amides is 3. The van der Waals surface area contributed by atoms with Gasteiger partial charge in [-0.3, -0.25) is 14.4 Å². The van der Waals surface area contributed by atoms with Crippen molar-refractivity contribution in [3.05, 3.63) is 88.3 Å². The first-order valence-corrected chi connectivity index (χ1v) is 36.2. The molecular formula is C67H74Cl3N15O10S3. The Kier molecular flexibility index (Phi) is 21.7. The number of aromatic nitrogens is 9. The van der Waals surface area contributed by atoms with Gasteiger partial charge in [0.2, 0.25) is 25.0 Å². The lowest BCUT2D eigenvalue weighted by molar-refractivity contribution is -0.135. The number of piperidine rings is 3. The number of ether oxygens (including phenoxy) is 6. The molecule has 6 aliphatic heterocycles. The number of nitrogens with zero attached hydrogens (tertiary/aromatic N) is 12. The summed E-state index contributed by atoms with van der Waals surface area (Å²) in [5.41, 5.74) is 23.3. The van der Waals surface area contributed by atoms with Crippen LogP contribution in [-0.2, 0) is 34.0 Å². The third-order valence-electron chi connectivity index (χ3n) is 18.4. The van der Waals surface area contributed by atoms with Gasteiger partial charge in [0.1, 0.15) is 49.6 Å². The van der Waals surface area contributed by atoms with Crippen molar-refractivity contribution >= 4 is 139 Å². The number of fused-ring (bicyclic) bond motifs is 6. The maximum atomic E-state index is 11.7. The Morgan fingerprint density at radius 3 is 1.18 bits per heavy atom. The van der Waals surface area contributed by atoms with E-state index in [1.54, 1.807) is 48.6 Å². The number of halogens is 3. The zero-order valence-electron chi connectivity index (χ0n) is 53.8. The summed E-state index contributed by atoms with van der Waals surface area (Å²) in [7, 11) is 0. The standard InChI is InChI=1S/C23H26ClN5O3S.C22H24ClN5O4S.C22H24ClN5O3S/c1-14(30)28-7-3-15(4-8-28)5-9-29-17-2-6-26-22(25)21(17)27-23(29)33-20-13-19-18(12-16(20)24)31-10-11-32-19;23-14-9-16-17(32-12-31-16)10-18(14)33-22-26-20-15(1-5-25-21(20)24)28(22)8-4-13-2-6-27(7-3-13)19(30)11-29;23-15-11-17-18(31-10-9-30-17)12-19(15)32-22-26-20-16(1-5-25-21(20)24)28(22)8-4-14-2-6-27(13-29)7-3-14/h2,6,12-13,15H,3-5,7-11H2,1H3,(H2,25,26);1,5,9-10,13,29H,2-4,6-8,11-12H2,(H2,24,25);1,5,11-14H,2-4,6-10H2,(H2,24,25). The van der Waals surface area contributed by atoms with E-state index in [0.29, 0.717) is 141 Å². The number of imidazole rings is 3. The highest BCUT2D eigenvalue weighted by molar-refractivity contribution is 7.99. The van der Waals surface area contributed by atoms with Crippen LogP contribution in [0, 0.1) is 17.8 Å². The van der Waals surface area contributed by atoms with Crippen molar-refractivity contribution in [3.8, 4) is 34.5 Å². The number of hydrogen-bond acceptors (Lipinski definition) is 22. The molecule has 25 nitrogen and oxygen atoms in total. The van der Waals surface area contributed by atoms with E-state index in [-0.39, 0.29) is 18.6 Å². The fourth-order valence-electron chi connectivity index (χ4n) is 12.9. The van der Waals surface area contributed by atoms with Gasteiger partial charge < -0.3 is 79.1 Å². The molecule has 0 atom stereocenters. The molecule has 0 spiro atoms. The number of carbonyl (C=O) groups is 3. The summed E-state index contributed by atoms with van der Waals surface area (Å²) in [5, 5.41) is 13.2. The third-order valence-corrected chi connectivity index (χ3v) is 22.9. The number of aliphatic hydroxyl groups excluding tert-OH is 1. The SMILES string of the molecule is CC(=O)N1CCC(CCn2c(Sc3cc4c(cc3Cl)OCCO4)nc3c(N)nccc32)CC1.Nc1nccc2c1nc(Sc1cc3c(cc1Cl)OCCO3)n2CCC1CCN(C=O)CC1.Nc1nccc2c1nc(Sc1cc3c(cc1Cl)OCO3)n2CCC1CCN(C(=O)CO)CC1. The highest BCUT2D eigenvalue weighted by Gasteiger charge is 2.29. The average Bonchev–Trinajstić information content (AvgIpc) is 1.62. The number of benzene rings is 3. The minimum atomic E-state index is -0.426. The fraction of sp³-hybridized carbons (Fsp3) is 0.418. The molecule has 9 aromatic rings.